The molecule has 0 spiro atoms. The second-order valence-corrected chi connectivity index (χ2v) is 5.56. The minimum Gasteiger partial charge on any atom is -0.495 e. The quantitative estimate of drug-likeness (QED) is 0.614. The normalized spacial score (nSPS) is 10.2. The molecule has 5 nitrogen and oxygen atoms in total. The van der Waals surface area contributed by atoms with Gasteiger partial charge in [0.05, 0.1) is 17.1 Å². The van der Waals surface area contributed by atoms with Gasteiger partial charge in [0, 0.05) is 34.4 Å². The standard InChI is InChI=1S/C14H12BrClN2O3/c1-21-14-7-11(3-4-12(14)16)17-8-9-6-10(15)2-5-13(9)18(19)20/h2-7,17H,8H2,1H3. The third-order valence-electron chi connectivity index (χ3n) is 2.87. The van der Waals surface area contributed by atoms with Crippen LogP contribution in [-0.2, 0) is 6.54 Å². The van der Waals surface area contributed by atoms with E-state index in [0.29, 0.717) is 22.9 Å². The van der Waals surface area contributed by atoms with E-state index in [1.165, 1.54) is 13.2 Å². The van der Waals surface area contributed by atoms with Gasteiger partial charge in [-0.25, -0.2) is 0 Å². The van der Waals surface area contributed by atoms with Gasteiger partial charge in [0.15, 0.2) is 0 Å². The van der Waals surface area contributed by atoms with Crippen molar-refractivity contribution in [2.24, 2.45) is 0 Å². The average Bonchev–Trinajstić information content (AvgIpc) is 2.46. The van der Waals surface area contributed by atoms with Crippen LogP contribution in [0.3, 0.4) is 0 Å². The van der Waals surface area contributed by atoms with Crippen LogP contribution in [0.4, 0.5) is 11.4 Å². The summed E-state index contributed by atoms with van der Waals surface area (Å²) in [5.41, 5.74) is 1.43. The van der Waals surface area contributed by atoms with Crippen LogP contribution in [-0.4, -0.2) is 12.0 Å². The van der Waals surface area contributed by atoms with Crippen molar-refractivity contribution < 1.29 is 9.66 Å². The first-order valence-electron chi connectivity index (χ1n) is 6.01. The van der Waals surface area contributed by atoms with Crippen LogP contribution in [0, 0.1) is 10.1 Å². The van der Waals surface area contributed by atoms with Crippen molar-refractivity contribution in [1.29, 1.82) is 0 Å². The topological polar surface area (TPSA) is 64.4 Å². The zero-order valence-corrected chi connectivity index (χ0v) is 13.4. The molecular weight excluding hydrogens is 360 g/mol. The molecule has 2 aromatic carbocycles. The highest BCUT2D eigenvalue weighted by atomic mass is 79.9. The minimum atomic E-state index is -0.397. The van der Waals surface area contributed by atoms with Crippen molar-refractivity contribution in [3.63, 3.8) is 0 Å². The highest BCUT2D eigenvalue weighted by molar-refractivity contribution is 9.10. The number of nitro benzene ring substituents is 1. The zero-order chi connectivity index (χ0) is 15.4. The number of nitrogens with zero attached hydrogens (tertiary/aromatic N) is 1. The maximum Gasteiger partial charge on any atom is 0.274 e. The number of halogens is 2. The fourth-order valence-corrected chi connectivity index (χ4v) is 2.44. The van der Waals surface area contributed by atoms with Gasteiger partial charge in [-0.1, -0.05) is 27.5 Å². The lowest BCUT2D eigenvalue weighted by Crippen LogP contribution is -2.03. The monoisotopic (exact) mass is 370 g/mol. The second kappa shape index (κ2) is 6.78. The summed E-state index contributed by atoms with van der Waals surface area (Å²) in [6.07, 6.45) is 0. The number of ether oxygens (including phenoxy) is 1. The minimum absolute atomic E-state index is 0.0756. The lowest BCUT2D eigenvalue weighted by molar-refractivity contribution is -0.385. The Hall–Kier alpha value is -1.79. The van der Waals surface area contributed by atoms with Crippen molar-refractivity contribution in [2.45, 2.75) is 6.54 Å². The molecule has 0 heterocycles. The largest absolute Gasteiger partial charge is 0.495 e. The van der Waals surface area contributed by atoms with Gasteiger partial charge in [0.2, 0.25) is 0 Å². The fourth-order valence-electron chi connectivity index (χ4n) is 1.84. The fraction of sp³-hybridized carbons (Fsp3) is 0.143. The number of benzene rings is 2. The smallest absolute Gasteiger partial charge is 0.274 e. The van der Waals surface area contributed by atoms with Crippen LogP contribution in [0.2, 0.25) is 5.02 Å². The third kappa shape index (κ3) is 3.86. The maximum atomic E-state index is 11.0. The first kappa shape index (κ1) is 15.6. The molecule has 0 saturated carbocycles. The van der Waals surface area contributed by atoms with Gasteiger partial charge in [0.1, 0.15) is 5.75 Å². The molecule has 0 atom stereocenters. The molecular formula is C14H12BrClN2O3. The van der Waals surface area contributed by atoms with E-state index >= 15 is 0 Å². The number of rotatable bonds is 5. The number of hydrogen-bond donors (Lipinski definition) is 1. The molecule has 2 rings (SSSR count). The summed E-state index contributed by atoms with van der Waals surface area (Å²) >= 11 is 9.27. The Bertz CT molecular complexity index is 679. The number of methoxy groups -OCH3 is 1. The first-order valence-corrected chi connectivity index (χ1v) is 7.18. The molecule has 0 amide bonds. The second-order valence-electron chi connectivity index (χ2n) is 4.23. The first-order chi connectivity index (χ1) is 10.0. The Morgan fingerprint density at radius 2 is 2.10 bits per heavy atom. The molecule has 110 valence electrons. The Kier molecular flexibility index (Phi) is 5.03. The molecule has 0 bridgehead atoms. The van der Waals surface area contributed by atoms with Gasteiger partial charge in [-0.2, -0.15) is 0 Å². The van der Waals surface area contributed by atoms with E-state index in [1.54, 1.807) is 30.3 Å². The van der Waals surface area contributed by atoms with E-state index in [4.69, 9.17) is 16.3 Å². The predicted molar refractivity (Wildman–Crippen MR) is 86.1 cm³/mol. The van der Waals surface area contributed by atoms with Gasteiger partial charge < -0.3 is 10.1 Å². The molecule has 21 heavy (non-hydrogen) atoms. The number of hydrogen-bond acceptors (Lipinski definition) is 4. The summed E-state index contributed by atoms with van der Waals surface area (Å²) < 4.78 is 5.92. The molecule has 0 unspecified atom stereocenters. The van der Waals surface area contributed by atoms with Crippen molar-refractivity contribution in [3.05, 3.63) is 61.6 Å². The van der Waals surface area contributed by atoms with E-state index in [2.05, 4.69) is 21.2 Å². The van der Waals surface area contributed by atoms with E-state index in [9.17, 15) is 10.1 Å². The lowest BCUT2D eigenvalue weighted by Gasteiger charge is -2.10. The number of nitrogens with one attached hydrogen (secondary N) is 1. The molecule has 0 radical (unpaired) electrons. The van der Waals surface area contributed by atoms with E-state index in [-0.39, 0.29) is 5.69 Å². The van der Waals surface area contributed by atoms with Gasteiger partial charge in [-0.3, -0.25) is 10.1 Å². The number of nitro groups is 1. The highest BCUT2D eigenvalue weighted by Gasteiger charge is 2.13. The molecule has 0 saturated heterocycles. The molecule has 0 aromatic heterocycles. The van der Waals surface area contributed by atoms with Gasteiger partial charge in [-0.15, -0.1) is 0 Å². The number of anilines is 1. The van der Waals surface area contributed by atoms with E-state index < -0.39 is 4.92 Å². The molecule has 0 fully saturated rings. The van der Waals surface area contributed by atoms with Gasteiger partial charge >= 0.3 is 0 Å². The van der Waals surface area contributed by atoms with Crippen LogP contribution in [0.15, 0.2) is 40.9 Å². The highest BCUT2D eigenvalue weighted by Crippen LogP contribution is 2.28. The van der Waals surface area contributed by atoms with E-state index in [0.717, 1.165) is 10.2 Å². The summed E-state index contributed by atoms with van der Waals surface area (Å²) in [7, 11) is 1.53. The van der Waals surface area contributed by atoms with Crippen LogP contribution in [0.5, 0.6) is 5.75 Å². The summed E-state index contributed by atoms with van der Waals surface area (Å²) in [5.74, 6) is 0.547. The van der Waals surface area contributed by atoms with E-state index in [1.807, 2.05) is 0 Å². The zero-order valence-electron chi connectivity index (χ0n) is 11.1. The SMILES string of the molecule is COc1cc(NCc2cc(Br)ccc2[N+](=O)[O-])ccc1Cl. The predicted octanol–water partition coefficient (Wildman–Crippen LogP) is 4.63. The lowest BCUT2D eigenvalue weighted by atomic mass is 10.1. The summed E-state index contributed by atoms with van der Waals surface area (Å²) in [5, 5.41) is 14.6. The Labute approximate surface area is 135 Å². The Morgan fingerprint density at radius 3 is 2.76 bits per heavy atom. The van der Waals surface area contributed by atoms with Crippen LogP contribution in [0.1, 0.15) is 5.56 Å². The molecule has 1 N–H and O–H groups in total. The van der Waals surface area contributed by atoms with Crippen LogP contribution >= 0.6 is 27.5 Å². The molecule has 0 aliphatic heterocycles. The van der Waals surface area contributed by atoms with Crippen LogP contribution < -0.4 is 10.1 Å². The van der Waals surface area contributed by atoms with Crippen molar-refractivity contribution in [3.8, 4) is 5.75 Å². The van der Waals surface area contributed by atoms with Crippen molar-refractivity contribution >= 4 is 38.9 Å². The van der Waals surface area contributed by atoms with Crippen molar-refractivity contribution in [2.75, 3.05) is 12.4 Å². The molecule has 2 aromatic rings. The molecule has 0 aliphatic carbocycles. The van der Waals surface area contributed by atoms with Crippen molar-refractivity contribution in [1.82, 2.24) is 0 Å². The molecule has 7 heteroatoms. The maximum absolute atomic E-state index is 11.0. The molecule has 0 aliphatic rings. The van der Waals surface area contributed by atoms with Crippen LogP contribution in [0.25, 0.3) is 0 Å². The summed E-state index contributed by atoms with van der Waals surface area (Å²) in [6.45, 7) is 0.320. The average molecular weight is 372 g/mol. The summed E-state index contributed by atoms with van der Waals surface area (Å²) in [4.78, 5) is 10.6. The Morgan fingerprint density at radius 1 is 1.33 bits per heavy atom. The Balaban J connectivity index is 2.20. The van der Waals surface area contributed by atoms with Gasteiger partial charge in [0.25, 0.3) is 5.69 Å². The summed E-state index contributed by atoms with van der Waals surface area (Å²) in [6, 6.07) is 10.1. The van der Waals surface area contributed by atoms with Gasteiger partial charge in [-0.05, 0) is 24.3 Å². The third-order valence-corrected chi connectivity index (χ3v) is 3.68.